The van der Waals surface area contributed by atoms with Crippen molar-refractivity contribution in [1.29, 1.82) is 0 Å². The molecule has 0 unspecified atom stereocenters. The number of allylic oxidation sites excluding steroid dienone is 1. The van der Waals surface area contributed by atoms with Crippen molar-refractivity contribution >= 4 is 18.5 Å². The van der Waals surface area contributed by atoms with Crippen LogP contribution >= 0.6 is 11.8 Å². The molecule has 0 bridgehead atoms. The van der Waals surface area contributed by atoms with Crippen LogP contribution in [0.15, 0.2) is 10.9 Å². The predicted octanol–water partition coefficient (Wildman–Crippen LogP) is 8.15. The molecule has 2 heteroatoms. The van der Waals surface area contributed by atoms with Gasteiger partial charge in [-0.3, -0.25) is 0 Å². The quantitative estimate of drug-likeness (QED) is 0.330. The Labute approximate surface area is 157 Å². The molecule has 0 saturated heterocycles. The van der Waals surface area contributed by atoms with Crippen LogP contribution in [0.3, 0.4) is 0 Å². The van der Waals surface area contributed by atoms with Crippen molar-refractivity contribution in [2.75, 3.05) is 5.75 Å². The highest BCUT2D eigenvalue weighted by atomic mass is 32.2. The standard InChI is InChI=1S/C22H41BS/c1-5-6-17-24-21(18-22(2,3)4)23(19-13-9-7-10-14-19)20-15-11-8-12-16-20/h18-20H,5-17H2,1-4H3/b21-18-. The van der Waals surface area contributed by atoms with Gasteiger partial charge in [0.2, 0.25) is 0 Å². The van der Waals surface area contributed by atoms with Gasteiger partial charge < -0.3 is 0 Å². The van der Waals surface area contributed by atoms with Crippen molar-refractivity contribution in [3.05, 3.63) is 10.9 Å². The van der Waals surface area contributed by atoms with Crippen molar-refractivity contribution in [2.24, 2.45) is 5.41 Å². The number of hydrogen-bond acceptors (Lipinski definition) is 1. The molecule has 0 amide bonds. The van der Waals surface area contributed by atoms with Gasteiger partial charge in [-0.05, 0) is 17.6 Å². The van der Waals surface area contributed by atoms with E-state index in [2.05, 4.69) is 45.5 Å². The molecule has 0 nitrogen and oxygen atoms in total. The number of rotatable bonds is 7. The fourth-order valence-corrected chi connectivity index (χ4v) is 6.51. The first-order valence-electron chi connectivity index (χ1n) is 10.9. The second kappa shape index (κ2) is 10.3. The zero-order chi connectivity index (χ0) is 17.4. The van der Waals surface area contributed by atoms with E-state index in [0.29, 0.717) is 5.41 Å². The van der Waals surface area contributed by atoms with Crippen LogP contribution in [0.2, 0.25) is 11.6 Å². The molecular weight excluding hydrogens is 307 g/mol. The van der Waals surface area contributed by atoms with Gasteiger partial charge in [-0.15, -0.1) is 11.8 Å². The van der Waals surface area contributed by atoms with Crippen LogP contribution in [0.4, 0.5) is 0 Å². The summed E-state index contributed by atoms with van der Waals surface area (Å²) in [5.41, 5.74) is 0.316. The van der Waals surface area contributed by atoms with Crippen molar-refractivity contribution in [1.82, 2.24) is 0 Å². The van der Waals surface area contributed by atoms with E-state index in [4.69, 9.17) is 0 Å². The van der Waals surface area contributed by atoms with E-state index in [9.17, 15) is 0 Å². The van der Waals surface area contributed by atoms with E-state index in [-0.39, 0.29) is 0 Å². The van der Waals surface area contributed by atoms with Gasteiger partial charge in [0.05, 0.1) is 0 Å². The third-order valence-electron chi connectivity index (χ3n) is 5.99. The van der Waals surface area contributed by atoms with Crippen LogP contribution in [-0.2, 0) is 0 Å². The van der Waals surface area contributed by atoms with E-state index in [0.717, 1.165) is 18.3 Å². The van der Waals surface area contributed by atoms with Gasteiger partial charge in [-0.25, -0.2) is 0 Å². The summed E-state index contributed by atoms with van der Waals surface area (Å²) in [7, 11) is 0. The Morgan fingerprint density at radius 1 is 0.917 bits per heavy atom. The average Bonchev–Trinajstić information content (AvgIpc) is 2.56. The molecule has 2 fully saturated rings. The van der Waals surface area contributed by atoms with Gasteiger partial charge in [-0.2, -0.15) is 0 Å². The number of hydrogen-bond donors (Lipinski definition) is 0. The van der Waals surface area contributed by atoms with Gasteiger partial charge in [0.25, 0.3) is 0 Å². The zero-order valence-electron chi connectivity index (χ0n) is 16.9. The van der Waals surface area contributed by atoms with Crippen LogP contribution in [0.5, 0.6) is 0 Å². The Morgan fingerprint density at radius 3 is 1.83 bits per heavy atom. The minimum atomic E-state index is 0.316. The molecule has 2 rings (SSSR count). The van der Waals surface area contributed by atoms with E-state index in [1.54, 1.807) is 4.80 Å². The molecular formula is C22H41BS. The topological polar surface area (TPSA) is 0 Å². The molecule has 138 valence electrons. The highest BCUT2D eigenvalue weighted by Crippen LogP contribution is 2.47. The minimum Gasteiger partial charge on any atom is -0.141 e. The van der Waals surface area contributed by atoms with Crippen molar-refractivity contribution < 1.29 is 0 Å². The largest absolute Gasteiger partial charge is 0.190 e. The second-order valence-electron chi connectivity index (χ2n) is 9.44. The van der Waals surface area contributed by atoms with Crippen molar-refractivity contribution in [3.8, 4) is 0 Å². The molecule has 0 aromatic carbocycles. The molecule has 0 aliphatic heterocycles. The van der Waals surface area contributed by atoms with Gasteiger partial charge in [0, 0.05) is 0 Å². The SMILES string of the molecule is CCCCS/C(=C\C(C)(C)C)B(C1CCCCC1)C1CCCCC1. The number of unbranched alkanes of at least 4 members (excludes halogenated alkanes) is 1. The third-order valence-corrected chi connectivity index (χ3v) is 7.20. The van der Waals surface area contributed by atoms with Crippen molar-refractivity contribution in [2.45, 2.75) is 116 Å². The van der Waals surface area contributed by atoms with Crippen LogP contribution < -0.4 is 0 Å². The molecule has 24 heavy (non-hydrogen) atoms. The fourth-order valence-electron chi connectivity index (χ4n) is 4.83. The lowest BCUT2D eigenvalue weighted by molar-refractivity contribution is 0.463. The summed E-state index contributed by atoms with van der Waals surface area (Å²) in [6, 6.07) is 0. The molecule has 0 N–H and O–H groups in total. The first-order valence-corrected chi connectivity index (χ1v) is 11.9. The third kappa shape index (κ3) is 6.81. The maximum absolute atomic E-state index is 2.67. The highest BCUT2D eigenvalue weighted by Gasteiger charge is 2.37. The predicted molar refractivity (Wildman–Crippen MR) is 114 cm³/mol. The summed E-state index contributed by atoms with van der Waals surface area (Å²) in [5.74, 6) is 3.28. The monoisotopic (exact) mass is 348 g/mol. The molecule has 0 spiro atoms. The summed E-state index contributed by atoms with van der Waals surface area (Å²) in [6.07, 6.45) is 20.2. The van der Waals surface area contributed by atoms with E-state index < -0.39 is 0 Å². The van der Waals surface area contributed by atoms with Gasteiger partial charge in [0.15, 0.2) is 6.71 Å². The van der Waals surface area contributed by atoms with Crippen molar-refractivity contribution in [3.63, 3.8) is 0 Å². The maximum atomic E-state index is 2.67. The molecule has 2 saturated carbocycles. The van der Waals surface area contributed by atoms with E-state index >= 15 is 0 Å². The average molecular weight is 348 g/mol. The molecule has 0 aromatic rings. The van der Waals surface area contributed by atoms with Crippen LogP contribution in [0.1, 0.15) is 105 Å². The first kappa shape index (κ1) is 20.5. The number of thioether (sulfide) groups is 1. The summed E-state index contributed by atoms with van der Waals surface area (Å²) in [5, 5.41) is 0. The lowest BCUT2D eigenvalue weighted by atomic mass is 9.30. The summed E-state index contributed by atoms with van der Waals surface area (Å²) >= 11 is 2.23. The normalized spacial score (nSPS) is 21.9. The Kier molecular flexibility index (Phi) is 8.82. The first-order chi connectivity index (χ1) is 11.5. The Morgan fingerprint density at radius 2 is 1.42 bits per heavy atom. The lowest BCUT2D eigenvalue weighted by Crippen LogP contribution is -2.32. The molecule has 2 aliphatic rings. The van der Waals surface area contributed by atoms with E-state index in [1.165, 1.54) is 82.8 Å². The smallest absolute Gasteiger partial charge is 0.141 e. The van der Waals surface area contributed by atoms with Crippen LogP contribution in [0, 0.1) is 5.41 Å². The zero-order valence-corrected chi connectivity index (χ0v) is 17.7. The lowest BCUT2D eigenvalue weighted by Gasteiger charge is -2.37. The minimum absolute atomic E-state index is 0.316. The molecule has 0 radical (unpaired) electrons. The van der Waals surface area contributed by atoms with Gasteiger partial charge in [0.1, 0.15) is 0 Å². The molecule has 0 heterocycles. The van der Waals surface area contributed by atoms with E-state index in [1.807, 2.05) is 0 Å². The highest BCUT2D eigenvalue weighted by molar-refractivity contribution is 8.05. The van der Waals surface area contributed by atoms with Gasteiger partial charge >= 0.3 is 0 Å². The Hall–Kier alpha value is 0.155. The maximum Gasteiger partial charge on any atom is 0.190 e. The second-order valence-corrected chi connectivity index (χ2v) is 10.6. The van der Waals surface area contributed by atoms with Crippen LogP contribution in [0.25, 0.3) is 0 Å². The summed E-state index contributed by atoms with van der Waals surface area (Å²) in [4.78, 5) is 1.79. The summed E-state index contributed by atoms with van der Waals surface area (Å²) in [6.45, 7) is 10.4. The molecule has 0 atom stereocenters. The molecule has 2 aliphatic carbocycles. The molecule has 0 aromatic heterocycles. The Balaban J connectivity index is 2.21. The fraction of sp³-hybridized carbons (Fsp3) is 0.909. The van der Waals surface area contributed by atoms with Gasteiger partial charge in [-0.1, -0.05) is 121 Å². The Bertz CT molecular complexity index is 352. The van der Waals surface area contributed by atoms with Crippen LogP contribution in [-0.4, -0.2) is 12.5 Å². The summed E-state index contributed by atoms with van der Waals surface area (Å²) < 4.78 is 0.